The van der Waals surface area contributed by atoms with E-state index < -0.39 is 0 Å². The molecule has 2 aromatic carbocycles. The first kappa shape index (κ1) is 14.2. The Labute approximate surface area is 121 Å². The second kappa shape index (κ2) is 6.31. The van der Waals surface area contributed by atoms with E-state index in [0.29, 0.717) is 20.1 Å². The van der Waals surface area contributed by atoms with Crippen LogP contribution in [0.25, 0.3) is 0 Å². The molecule has 1 N–H and O–H groups in total. The molecule has 2 nitrogen and oxygen atoms in total. The van der Waals surface area contributed by atoms with Crippen LogP contribution in [0, 0.1) is 6.92 Å². The highest BCUT2D eigenvalue weighted by atomic mass is 32.1. The Balaban J connectivity index is 2.42. The van der Waals surface area contributed by atoms with Crippen LogP contribution in [0.2, 0.25) is 0 Å². The highest BCUT2D eigenvalue weighted by Crippen LogP contribution is 2.29. The van der Waals surface area contributed by atoms with Crippen LogP contribution in [0.4, 0.5) is 0 Å². The van der Waals surface area contributed by atoms with Gasteiger partial charge in [0.25, 0.3) is 0 Å². The predicted octanol–water partition coefficient (Wildman–Crippen LogP) is 2.77. The lowest BCUT2D eigenvalue weighted by Crippen LogP contribution is -2.12. The number of thiol groups is 1. The molecule has 1 atom stereocenters. The second-order valence-electron chi connectivity index (χ2n) is 4.25. The van der Waals surface area contributed by atoms with Crippen molar-refractivity contribution in [2.75, 3.05) is 7.11 Å². The number of methoxy groups -OCH3 is 1. The van der Waals surface area contributed by atoms with Crippen LogP contribution in [0.1, 0.15) is 11.1 Å². The molecule has 0 radical (unpaired) electrons. The van der Waals surface area contributed by atoms with Crippen molar-refractivity contribution in [1.82, 2.24) is 0 Å². The zero-order chi connectivity index (χ0) is 13.8. The summed E-state index contributed by atoms with van der Waals surface area (Å²) in [7, 11) is 1.96. The van der Waals surface area contributed by atoms with Crippen molar-refractivity contribution in [1.29, 1.82) is 0 Å². The number of para-hydroxylation sites is 1. The zero-order valence-corrected chi connectivity index (χ0v) is 12.9. The van der Waals surface area contributed by atoms with Crippen LogP contribution in [-0.2, 0) is 5.75 Å². The molecular formula is C15H17O2PS. The van der Waals surface area contributed by atoms with E-state index in [4.69, 9.17) is 4.74 Å². The van der Waals surface area contributed by atoms with Gasteiger partial charge in [-0.25, -0.2) is 0 Å². The number of benzene rings is 2. The average Bonchev–Trinajstić information content (AvgIpc) is 2.43. The summed E-state index contributed by atoms with van der Waals surface area (Å²) in [5.74, 6) is 1.46. The number of hydrogen-bond acceptors (Lipinski definition) is 3. The number of aryl methyl sites for hydroxylation is 1. The maximum Gasteiger partial charge on any atom is 0.165 e. The van der Waals surface area contributed by atoms with E-state index >= 15 is 0 Å². The van der Waals surface area contributed by atoms with Crippen molar-refractivity contribution < 1.29 is 9.84 Å². The van der Waals surface area contributed by atoms with E-state index in [1.165, 1.54) is 16.4 Å². The summed E-state index contributed by atoms with van der Waals surface area (Å²) >= 11 is 4.38. The summed E-state index contributed by atoms with van der Waals surface area (Å²) < 4.78 is 5.15. The summed E-state index contributed by atoms with van der Waals surface area (Å²) in [6.45, 7) is 2.09. The molecule has 1 unspecified atom stereocenters. The lowest BCUT2D eigenvalue weighted by atomic mass is 10.2. The average molecular weight is 292 g/mol. The molecule has 2 aromatic rings. The molecule has 0 amide bonds. The minimum absolute atomic E-state index is 0.233. The van der Waals surface area contributed by atoms with Gasteiger partial charge in [0.05, 0.1) is 7.11 Å². The van der Waals surface area contributed by atoms with E-state index in [1.807, 2.05) is 18.2 Å². The molecule has 0 aromatic heterocycles. The molecule has 4 heteroatoms. The summed E-state index contributed by atoms with van der Waals surface area (Å²) in [5, 5.41) is 12.3. The summed E-state index contributed by atoms with van der Waals surface area (Å²) in [5.41, 5.74) is 2.44. The molecule has 0 fully saturated rings. The fourth-order valence-corrected chi connectivity index (χ4v) is 3.68. The minimum Gasteiger partial charge on any atom is -0.504 e. The molecule has 0 spiro atoms. The first-order valence-electron chi connectivity index (χ1n) is 5.99. The van der Waals surface area contributed by atoms with Gasteiger partial charge in [-0.3, -0.25) is 0 Å². The number of aromatic hydroxyl groups is 1. The van der Waals surface area contributed by atoms with Crippen LogP contribution in [-0.4, -0.2) is 12.2 Å². The molecule has 2 rings (SSSR count). The second-order valence-corrected chi connectivity index (χ2v) is 5.85. The van der Waals surface area contributed by atoms with E-state index in [2.05, 4.69) is 31.7 Å². The van der Waals surface area contributed by atoms with Gasteiger partial charge in [0.15, 0.2) is 11.5 Å². The molecule has 100 valence electrons. The van der Waals surface area contributed by atoms with Crippen LogP contribution in [0.15, 0.2) is 36.4 Å². The van der Waals surface area contributed by atoms with Crippen LogP contribution >= 0.6 is 21.2 Å². The molecule has 0 aliphatic carbocycles. The molecule has 0 aliphatic heterocycles. The van der Waals surface area contributed by atoms with Gasteiger partial charge in [-0.05, 0) is 29.4 Å². The van der Waals surface area contributed by atoms with Crippen LogP contribution < -0.4 is 15.3 Å². The molecule has 0 saturated carbocycles. The van der Waals surface area contributed by atoms with E-state index in [-0.39, 0.29) is 5.75 Å². The minimum atomic E-state index is 0.233. The quantitative estimate of drug-likeness (QED) is 0.670. The fraction of sp³-hybridized carbons (Fsp3) is 0.200. The first-order chi connectivity index (χ1) is 9.17. The Bertz CT molecular complexity index is 584. The largest absolute Gasteiger partial charge is 0.504 e. The monoisotopic (exact) mass is 292 g/mol. The Hall–Kier alpha value is -1.18. The van der Waals surface area contributed by atoms with E-state index in [9.17, 15) is 5.11 Å². The Kier molecular flexibility index (Phi) is 4.73. The third kappa shape index (κ3) is 3.05. The normalized spacial score (nSPS) is 11.1. The number of ether oxygens (including phenoxy) is 1. The lowest BCUT2D eigenvalue weighted by molar-refractivity contribution is 0.375. The fourth-order valence-electron chi connectivity index (χ4n) is 1.96. The van der Waals surface area contributed by atoms with Crippen molar-refractivity contribution in [2.24, 2.45) is 0 Å². The smallest absolute Gasteiger partial charge is 0.165 e. The molecule has 0 aliphatic rings. The van der Waals surface area contributed by atoms with E-state index in [1.54, 1.807) is 13.2 Å². The van der Waals surface area contributed by atoms with Crippen molar-refractivity contribution in [3.05, 3.63) is 47.5 Å². The Morgan fingerprint density at radius 2 is 1.95 bits per heavy atom. The maximum atomic E-state index is 10.2. The van der Waals surface area contributed by atoms with Gasteiger partial charge in [0.2, 0.25) is 0 Å². The number of phenols is 1. The third-order valence-electron chi connectivity index (χ3n) is 3.01. The molecule has 0 heterocycles. The highest BCUT2D eigenvalue weighted by molar-refractivity contribution is 7.79. The topological polar surface area (TPSA) is 29.5 Å². The summed E-state index contributed by atoms with van der Waals surface area (Å²) in [4.78, 5) is 0. The predicted molar refractivity (Wildman–Crippen MR) is 86.1 cm³/mol. The van der Waals surface area contributed by atoms with Gasteiger partial charge in [0, 0.05) is 11.1 Å². The van der Waals surface area contributed by atoms with Crippen molar-refractivity contribution >= 4 is 31.8 Å². The third-order valence-corrected chi connectivity index (χ3v) is 4.99. The van der Waals surface area contributed by atoms with Crippen molar-refractivity contribution in [2.45, 2.75) is 12.7 Å². The van der Waals surface area contributed by atoms with Crippen molar-refractivity contribution in [3.8, 4) is 11.5 Å². The Morgan fingerprint density at radius 1 is 1.21 bits per heavy atom. The lowest BCUT2D eigenvalue weighted by Gasteiger charge is -2.13. The zero-order valence-electron chi connectivity index (χ0n) is 11.0. The van der Waals surface area contributed by atoms with Crippen molar-refractivity contribution in [3.63, 3.8) is 0 Å². The highest BCUT2D eigenvalue weighted by Gasteiger charge is 2.11. The standard InChI is InChI=1S/C15H17O2PS/c1-10-5-3-6-11(9-19)15(10)18-13-8-4-7-12(17-2)14(13)16/h3-8,16,18-19H,9H2,1-2H3. The number of rotatable bonds is 4. The first-order valence-corrected chi connectivity index (χ1v) is 7.63. The van der Waals surface area contributed by atoms with Crippen LogP contribution in [0.3, 0.4) is 0 Å². The van der Waals surface area contributed by atoms with Gasteiger partial charge >= 0.3 is 0 Å². The molecular weight excluding hydrogens is 275 g/mol. The van der Waals surface area contributed by atoms with Gasteiger partial charge in [-0.2, -0.15) is 12.6 Å². The summed E-state index contributed by atoms with van der Waals surface area (Å²) in [6.07, 6.45) is 0. The van der Waals surface area contributed by atoms with E-state index in [0.717, 1.165) is 5.30 Å². The Morgan fingerprint density at radius 3 is 2.63 bits per heavy atom. The molecule has 0 saturated heterocycles. The van der Waals surface area contributed by atoms with Gasteiger partial charge in [-0.1, -0.05) is 38.9 Å². The molecule has 0 bridgehead atoms. The van der Waals surface area contributed by atoms with Gasteiger partial charge in [0.1, 0.15) is 0 Å². The number of phenolic OH excluding ortho intramolecular Hbond substituents is 1. The van der Waals surface area contributed by atoms with Crippen LogP contribution in [0.5, 0.6) is 11.5 Å². The summed E-state index contributed by atoms with van der Waals surface area (Å²) in [6, 6.07) is 11.8. The maximum absolute atomic E-state index is 10.2. The molecule has 19 heavy (non-hydrogen) atoms. The SMILES string of the molecule is COc1cccc(Pc2c(C)cccc2CS)c1O. The van der Waals surface area contributed by atoms with Gasteiger partial charge in [-0.15, -0.1) is 0 Å². The van der Waals surface area contributed by atoms with Gasteiger partial charge < -0.3 is 9.84 Å². The number of hydrogen-bond donors (Lipinski definition) is 2.